The van der Waals surface area contributed by atoms with Gasteiger partial charge in [0.05, 0.1) is 42.9 Å². The van der Waals surface area contributed by atoms with Crippen LogP contribution in [-0.4, -0.2) is 262 Å². The Morgan fingerprint density at radius 2 is 0.807 bits per heavy atom. The quantitative estimate of drug-likeness (QED) is 0.0130. The molecule has 0 unspecified atom stereocenters. The van der Waals surface area contributed by atoms with Gasteiger partial charge in [-0.15, -0.1) is 11.8 Å². The van der Waals surface area contributed by atoms with Crippen LogP contribution in [-0.2, 0) is 120 Å². The number of rotatable bonds is 28. The number of nitrogens with two attached hydrogens (primary N) is 2. The van der Waals surface area contributed by atoms with Crippen LogP contribution >= 0.6 is 11.8 Å². The Bertz CT molecular complexity index is 5050. The maximum Gasteiger partial charge on any atom is 0.303 e. The minimum Gasteiger partial charge on any atom is -0.508 e. The van der Waals surface area contributed by atoms with Crippen molar-refractivity contribution in [3.63, 3.8) is 0 Å². The maximum atomic E-state index is 15.5. The zero-order chi connectivity index (χ0) is 99.1. The molecular formula is C89H121N23O22S. The Morgan fingerprint density at radius 3 is 1.21 bits per heavy atom. The van der Waals surface area contributed by atoms with Gasteiger partial charge < -0.3 is 132 Å². The van der Waals surface area contributed by atoms with Gasteiger partial charge in [-0.25, -0.2) is 9.97 Å². The number of H-pyrrole nitrogens is 2. The number of primary amides is 1. The normalized spacial score (nSPS) is 22.6. The highest BCUT2D eigenvalue weighted by molar-refractivity contribution is 8.00. The first-order valence-corrected chi connectivity index (χ1v) is 45.0. The number of hydrogen-bond acceptors (Lipinski definition) is 25. The van der Waals surface area contributed by atoms with Crippen LogP contribution in [0.15, 0.2) is 122 Å². The van der Waals surface area contributed by atoms with E-state index in [1.807, 2.05) is 0 Å². The molecule has 45 nitrogen and oxygen atoms in total. The van der Waals surface area contributed by atoms with Crippen molar-refractivity contribution in [1.29, 1.82) is 5.41 Å². The van der Waals surface area contributed by atoms with Crippen LogP contribution in [0.3, 0.4) is 0 Å². The topological polar surface area (TPSA) is 717 Å². The molecule has 730 valence electrons. The third-order valence-corrected chi connectivity index (χ3v) is 22.4. The Kier molecular flexibility index (Phi) is 42.5. The number of nitrogens with one attached hydrogen (secondary N) is 19. The summed E-state index contributed by atoms with van der Waals surface area (Å²) in [5.41, 5.74) is 12.7. The van der Waals surface area contributed by atoms with E-state index in [9.17, 15) is 73.5 Å². The number of carboxylic acid groups (broad SMARTS) is 1. The zero-order valence-electron chi connectivity index (χ0n) is 75.6. The van der Waals surface area contributed by atoms with Crippen molar-refractivity contribution in [3.8, 4) is 23.0 Å². The smallest absolute Gasteiger partial charge is 0.303 e. The summed E-state index contributed by atoms with van der Waals surface area (Å²) in [6.45, 7) is 9.60. The Labute approximate surface area is 781 Å². The molecule has 4 aromatic carbocycles. The van der Waals surface area contributed by atoms with Crippen LogP contribution in [0, 0.1) is 23.2 Å². The molecular weight excluding hydrogens is 1780 g/mol. The van der Waals surface area contributed by atoms with E-state index in [4.69, 9.17) is 16.9 Å². The molecule has 1 saturated heterocycles. The molecule has 3 heterocycles. The summed E-state index contributed by atoms with van der Waals surface area (Å²) in [4.78, 5) is 259. The highest BCUT2D eigenvalue weighted by Crippen LogP contribution is 2.21. The molecule has 0 aliphatic carbocycles. The van der Waals surface area contributed by atoms with E-state index in [-0.39, 0.29) is 104 Å². The molecule has 28 N–H and O–H groups in total. The number of amides is 16. The van der Waals surface area contributed by atoms with Crippen molar-refractivity contribution < 1.29 is 107 Å². The molecule has 16 amide bonds. The molecule has 2 aromatic heterocycles. The van der Waals surface area contributed by atoms with Gasteiger partial charge in [-0.2, -0.15) is 0 Å². The van der Waals surface area contributed by atoms with Crippen LogP contribution in [0.5, 0.6) is 23.0 Å². The lowest BCUT2D eigenvalue weighted by molar-refractivity contribution is -0.138. The molecule has 14 atom stereocenters. The fourth-order valence-electron chi connectivity index (χ4n) is 14.0. The summed E-state index contributed by atoms with van der Waals surface area (Å²) >= 11 is 0.728. The molecule has 1 aliphatic rings. The number of phenolic OH excluding ortho intramolecular Hbond substituents is 4. The third kappa shape index (κ3) is 37.4. The lowest BCUT2D eigenvalue weighted by Crippen LogP contribution is -2.62. The fourth-order valence-corrected chi connectivity index (χ4v) is 14.9. The van der Waals surface area contributed by atoms with Crippen molar-refractivity contribution in [2.75, 3.05) is 31.1 Å². The number of carbonyl (C=O) groups is 17. The van der Waals surface area contributed by atoms with E-state index in [1.165, 1.54) is 129 Å². The summed E-state index contributed by atoms with van der Waals surface area (Å²) in [6, 6.07) is 0.859. The van der Waals surface area contributed by atoms with Gasteiger partial charge >= 0.3 is 5.97 Å². The second kappa shape index (κ2) is 53.6. The number of phenols is 4. The van der Waals surface area contributed by atoms with Crippen LogP contribution in [0.4, 0.5) is 0 Å². The van der Waals surface area contributed by atoms with Crippen molar-refractivity contribution >= 4 is 118 Å². The molecule has 7 rings (SSSR count). The standard InChI is InChI=1S/C89H121N23O22S/c1-8-48(6)75-88(134)110-63(31-47(4)5)82(128)105-64(32-50-11-19-56(113)20-12-50)77(123)97-41-72(118)101-61(27-28-74(120)121)79(125)104-62(30-46(2)3)81(127)100-49(7)76(122)111-70(78(124)96-40-71(90)117)42-135-43-73(119)102-65(33-51-13-21-57(114)22-14-51)83(129)108-69(37-55-39-94-45-99-55)87(133)109-68(36-54-38-93-44-98-54)86(132)107-67(35-53-17-25-59(116)26-18-53)85(131)106-66(34-52-15-23-58(115)24-16-52)84(130)103-60(80(126)112-75)10-9-29-95-89(91)92/h11-26,38-39,44-49,60-70,75,113-116H,8-10,27-37,40-43H2,1-7H3,(H2,90,117)(H,93,98)(H,94,99)(H,96,124)(H,97,123)(H,100,127)(H,101,118)(H,102,119)(H,103,130)(H,104,125)(H,105,128)(H,106,131)(H,107,132)(H,108,129)(H,109,133)(H,110,134)(H,111,122)(H,112,126)(H,120,121)(H4,91,92,95)/t48-,49-,60-,61-,62-,63-,64-,65-,66-,67-,68-,69-,70-,75-/m0/s1. The largest absolute Gasteiger partial charge is 0.508 e. The number of aromatic amines is 2. The van der Waals surface area contributed by atoms with Gasteiger partial charge in [-0.05, 0) is 128 Å². The lowest BCUT2D eigenvalue weighted by atomic mass is 9.95. The van der Waals surface area contributed by atoms with E-state index >= 15 is 33.6 Å². The fraction of sp³-hybridized carbons (Fsp3) is 0.461. The van der Waals surface area contributed by atoms with Gasteiger partial charge in [0.2, 0.25) is 94.5 Å². The summed E-state index contributed by atoms with van der Waals surface area (Å²) in [5.74, 6) is -21.3. The molecule has 1 aliphatic heterocycles. The first-order chi connectivity index (χ1) is 64.1. The molecule has 0 saturated carbocycles. The number of carboxylic acids is 1. The van der Waals surface area contributed by atoms with E-state index in [1.54, 1.807) is 41.5 Å². The summed E-state index contributed by atoms with van der Waals surface area (Å²) in [6.07, 6.45) is 1.50. The average Bonchev–Trinajstić information content (AvgIpc) is 1.18. The van der Waals surface area contributed by atoms with Crippen molar-refractivity contribution in [2.45, 2.75) is 210 Å². The summed E-state index contributed by atoms with van der Waals surface area (Å²) in [5, 5.41) is 100. The summed E-state index contributed by atoms with van der Waals surface area (Å²) < 4.78 is 0. The number of imidazole rings is 2. The van der Waals surface area contributed by atoms with Crippen molar-refractivity contribution in [3.05, 3.63) is 156 Å². The SMILES string of the molecule is CC[C@H](C)[C@@H]1NC(=O)[C@H](CCCNC(=N)N)NC(=O)[C@H](Cc2ccc(O)cc2)NC(=O)[C@H](Cc2ccc(O)cc2)NC(=O)[C@H](Cc2c[nH]cn2)NC(=O)[C@H](Cc2c[nH]cn2)NC(=O)[C@H](Cc2ccc(O)cc2)NC(=O)CSC[C@@H](C(=O)NCC(N)=O)NC(=O)[C@H](C)NC(=O)[C@H](CC(C)C)NC(=O)[C@H](CCC(=O)O)NC(=O)CNC(=O)[C@H](Cc2ccc(O)cc2)NC(=O)[C@H](CC(C)C)NC1=O. The van der Waals surface area contributed by atoms with Gasteiger partial charge in [0, 0.05) is 69.6 Å². The van der Waals surface area contributed by atoms with Crippen molar-refractivity contribution in [1.82, 2.24) is 105 Å². The molecule has 1 fully saturated rings. The maximum absolute atomic E-state index is 15.5. The number of aromatic nitrogens is 4. The Hall–Kier alpha value is -14.9. The zero-order valence-corrected chi connectivity index (χ0v) is 76.5. The van der Waals surface area contributed by atoms with Gasteiger partial charge in [-0.3, -0.25) is 86.9 Å². The van der Waals surface area contributed by atoms with E-state index in [2.05, 4.69) is 105 Å². The molecule has 46 heteroatoms. The Morgan fingerprint density at radius 1 is 0.444 bits per heavy atom. The molecule has 6 aromatic rings. The first kappa shape index (κ1) is 107. The number of aliphatic carboxylic acids is 1. The molecule has 0 spiro atoms. The van der Waals surface area contributed by atoms with E-state index in [0.29, 0.717) is 22.3 Å². The third-order valence-electron chi connectivity index (χ3n) is 21.4. The number of guanidine groups is 1. The summed E-state index contributed by atoms with van der Waals surface area (Å²) in [7, 11) is 0. The van der Waals surface area contributed by atoms with Crippen LogP contribution < -0.4 is 96.5 Å². The van der Waals surface area contributed by atoms with Crippen LogP contribution in [0.25, 0.3) is 0 Å². The number of nitrogens with zero attached hydrogens (tertiary/aromatic N) is 2. The predicted octanol–water partition coefficient (Wildman–Crippen LogP) is -3.24. The number of thioether (sulfide) groups is 1. The molecule has 0 radical (unpaired) electrons. The Balaban J connectivity index is 1.32. The van der Waals surface area contributed by atoms with Crippen LogP contribution in [0.2, 0.25) is 0 Å². The highest BCUT2D eigenvalue weighted by Gasteiger charge is 2.40. The second-order valence-electron chi connectivity index (χ2n) is 33.5. The minimum absolute atomic E-state index is 0.00182. The predicted molar refractivity (Wildman–Crippen MR) is 490 cm³/mol. The number of aromatic hydroxyl groups is 4. The van der Waals surface area contributed by atoms with Gasteiger partial charge in [-0.1, -0.05) is 96.5 Å². The monoisotopic (exact) mass is 1900 g/mol. The van der Waals surface area contributed by atoms with Crippen molar-refractivity contribution in [2.24, 2.45) is 29.2 Å². The van der Waals surface area contributed by atoms with E-state index < -0.39 is 248 Å². The van der Waals surface area contributed by atoms with Gasteiger partial charge in [0.1, 0.15) is 102 Å². The van der Waals surface area contributed by atoms with Gasteiger partial charge in [0.25, 0.3) is 0 Å². The van der Waals surface area contributed by atoms with E-state index in [0.717, 1.165) is 11.8 Å². The highest BCUT2D eigenvalue weighted by atomic mass is 32.2. The number of carbonyl (C=O) groups excluding carboxylic acids is 16. The van der Waals surface area contributed by atoms with Gasteiger partial charge in [0.15, 0.2) is 5.96 Å². The lowest BCUT2D eigenvalue weighted by Gasteiger charge is -2.30. The first-order valence-electron chi connectivity index (χ1n) is 43.8. The molecule has 0 bridgehead atoms. The average molecular weight is 1900 g/mol. The van der Waals surface area contributed by atoms with Crippen LogP contribution in [0.1, 0.15) is 127 Å². The molecule has 135 heavy (non-hydrogen) atoms. The number of benzene rings is 4. The second-order valence-corrected chi connectivity index (χ2v) is 34.5. The number of hydrogen-bond donors (Lipinski definition) is 26. The minimum atomic E-state index is -1.73.